The summed E-state index contributed by atoms with van der Waals surface area (Å²) in [5.41, 5.74) is 0.635. The van der Waals surface area contributed by atoms with E-state index in [1.54, 1.807) is 25.1 Å². The van der Waals surface area contributed by atoms with Crippen molar-refractivity contribution in [2.75, 3.05) is 20.3 Å². The zero-order valence-corrected chi connectivity index (χ0v) is 24.5. The quantitative estimate of drug-likeness (QED) is 0.225. The van der Waals surface area contributed by atoms with Crippen LogP contribution in [0.3, 0.4) is 0 Å². The summed E-state index contributed by atoms with van der Waals surface area (Å²) in [7, 11) is 1.28. The summed E-state index contributed by atoms with van der Waals surface area (Å²) in [5.74, 6) is -0.615. The van der Waals surface area contributed by atoms with E-state index < -0.39 is 36.2 Å². The van der Waals surface area contributed by atoms with E-state index in [4.69, 9.17) is 23.7 Å². The van der Waals surface area contributed by atoms with E-state index in [1.807, 2.05) is 41.5 Å². The number of carbonyl (C=O) groups is 4. The third kappa shape index (κ3) is 14.6. The number of ether oxygens (including phenoxy) is 5. The smallest absolute Gasteiger partial charge is 0.468 e. The molecule has 220 valence electrons. The minimum atomic E-state index is -0.786. The largest absolute Gasteiger partial charge is 0.508 e. The van der Waals surface area contributed by atoms with Crippen LogP contribution >= 0.6 is 0 Å². The van der Waals surface area contributed by atoms with E-state index in [2.05, 4.69) is 5.32 Å². The second kappa shape index (κ2) is 17.4. The molecule has 0 aliphatic rings. The lowest BCUT2D eigenvalue weighted by atomic mass is 10.0. The van der Waals surface area contributed by atoms with Gasteiger partial charge < -0.3 is 29.0 Å². The van der Waals surface area contributed by atoms with Gasteiger partial charge in [-0.3, -0.25) is 14.4 Å². The van der Waals surface area contributed by atoms with E-state index in [0.717, 1.165) is 6.42 Å². The van der Waals surface area contributed by atoms with Gasteiger partial charge in [0.15, 0.2) is 11.5 Å². The number of hydrogen-bond donors (Lipinski definition) is 1. The van der Waals surface area contributed by atoms with Crippen LogP contribution in [-0.4, -0.2) is 56.5 Å². The third-order valence-corrected chi connectivity index (χ3v) is 5.40. The van der Waals surface area contributed by atoms with Gasteiger partial charge in [-0.15, -0.1) is 0 Å². The minimum Gasteiger partial charge on any atom is -0.468 e. The normalized spacial score (nSPS) is 12.7. The van der Waals surface area contributed by atoms with Crippen molar-refractivity contribution in [1.29, 1.82) is 0 Å². The Morgan fingerprint density at radius 2 is 1.41 bits per heavy atom. The second-order valence-electron chi connectivity index (χ2n) is 10.8. The average molecular weight is 552 g/mol. The van der Waals surface area contributed by atoms with E-state index in [0.29, 0.717) is 11.5 Å². The van der Waals surface area contributed by atoms with Gasteiger partial charge in [-0.05, 0) is 55.2 Å². The minimum absolute atomic E-state index is 0.0808. The fraction of sp³-hybridized carbons (Fsp3) is 0.655. The average Bonchev–Trinajstić information content (AvgIpc) is 2.81. The van der Waals surface area contributed by atoms with Crippen LogP contribution in [0.5, 0.6) is 11.5 Å². The molecular formula is C29H45NO9. The highest BCUT2D eigenvalue weighted by Crippen LogP contribution is 2.30. The lowest BCUT2D eigenvalue weighted by Gasteiger charge is -2.20. The summed E-state index contributed by atoms with van der Waals surface area (Å²) < 4.78 is 26.2. The molecule has 0 heterocycles. The fourth-order valence-corrected chi connectivity index (χ4v) is 3.38. The molecule has 0 aliphatic carbocycles. The highest BCUT2D eigenvalue weighted by molar-refractivity contribution is 5.77. The van der Waals surface area contributed by atoms with Crippen molar-refractivity contribution in [2.45, 2.75) is 86.3 Å². The molecule has 1 N–H and O–H groups in total. The lowest BCUT2D eigenvalue weighted by Crippen LogP contribution is -2.43. The molecule has 0 saturated carbocycles. The van der Waals surface area contributed by atoms with Gasteiger partial charge >= 0.3 is 24.1 Å². The number of carbonyl (C=O) groups excluding carboxylic acids is 4. The van der Waals surface area contributed by atoms with E-state index in [1.165, 1.54) is 7.11 Å². The molecule has 0 spiro atoms. The number of rotatable bonds is 16. The monoisotopic (exact) mass is 551 g/mol. The molecular weight excluding hydrogens is 506 g/mol. The van der Waals surface area contributed by atoms with Crippen LogP contribution in [0.25, 0.3) is 0 Å². The maximum absolute atomic E-state index is 12.5. The zero-order valence-electron chi connectivity index (χ0n) is 24.5. The van der Waals surface area contributed by atoms with Gasteiger partial charge in [-0.25, -0.2) is 4.79 Å². The predicted molar refractivity (Wildman–Crippen MR) is 145 cm³/mol. The summed E-state index contributed by atoms with van der Waals surface area (Å²) >= 11 is 0. The molecule has 0 aliphatic heterocycles. The molecule has 10 nitrogen and oxygen atoms in total. The Labute approximate surface area is 232 Å². The number of hydrogen-bond acceptors (Lipinski definition) is 10. The van der Waals surface area contributed by atoms with Crippen LogP contribution in [0.2, 0.25) is 0 Å². The summed E-state index contributed by atoms with van der Waals surface area (Å²) in [5, 5.41) is 3.05. The zero-order chi connectivity index (χ0) is 29.5. The Morgan fingerprint density at radius 1 is 0.821 bits per heavy atom. The van der Waals surface area contributed by atoms with Gasteiger partial charge in [0.25, 0.3) is 0 Å². The third-order valence-electron chi connectivity index (χ3n) is 5.40. The van der Waals surface area contributed by atoms with E-state index >= 15 is 0 Å². The molecule has 10 heteroatoms. The molecule has 0 fully saturated rings. The standard InChI is InChI=1S/C29H45NO9/c1-18(2)11-12-36-29(34)37-21(7)17-30-23(28(33)35-8)15-22-9-10-24(38-26(31)13-19(3)4)25(16-22)39-27(32)14-20(5)6/h9-10,16,18-21,23,30H,11-15,17H2,1-8H3/t21?,23-/m0/s1. The van der Waals surface area contributed by atoms with Gasteiger partial charge in [0, 0.05) is 19.4 Å². The lowest BCUT2D eigenvalue weighted by molar-refractivity contribution is -0.143. The van der Waals surface area contributed by atoms with Crippen LogP contribution < -0.4 is 14.8 Å². The van der Waals surface area contributed by atoms with Crippen LogP contribution in [0.4, 0.5) is 4.79 Å². The van der Waals surface area contributed by atoms with E-state index in [9.17, 15) is 19.2 Å². The summed E-state index contributed by atoms with van der Waals surface area (Å²) in [6.45, 7) is 13.8. The molecule has 0 saturated heterocycles. The van der Waals surface area contributed by atoms with Gasteiger partial charge in [-0.1, -0.05) is 47.6 Å². The van der Waals surface area contributed by atoms with Crippen LogP contribution in [0.15, 0.2) is 18.2 Å². The molecule has 2 atom stereocenters. The van der Waals surface area contributed by atoms with Gasteiger partial charge in [0.2, 0.25) is 0 Å². The van der Waals surface area contributed by atoms with Crippen molar-refractivity contribution in [1.82, 2.24) is 5.32 Å². The highest BCUT2D eigenvalue weighted by atomic mass is 16.7. The summed E-state index contributed by atoms with van der Waals surface area (Å²) in [4.78, 5) is 49.0. The Hall–Kier alpha value is -3.14. The predicted octanol–water partition coefficient (Wildman–Crippen LogP) is 4.85. The fourth-order valence-electron chi connectivity index (χ4n) is 3.38. The molecule has 1 aromatic rings. The Morgan fingerprint density at radius 3 is 1.95 bits per heavy atom. The SMILES string of the molecule is COC(=O)[C@H](Cc1ccc(OC(=O)CC(C)C)c(OC(=O)CC(C)C)c1)NCC(C)OC(=O)OCCC(C)C. The molecule has 1 rings (SSSR count). The van der Waals surface area contributed by atoms with Gasteiger partial charge in [0.1, 0.15) is 12.1 Å². The van der Waals surface area contributed by atoms with Crippen molar-refractivity contribution in [3.63, 3.8) is 0 Å². The molecule has 0 radical (unpaired) electrons. The van der Waals surface area contributed by atoms with Crippen molar-refractivity contribution in [3.05, 3.63) is 23.8 Å². The van der Waals surface area contributed by atoms with Crippen molar-refractivity contribution < 1.29 is 42.9 Å². The first kappa shape index (κ1) is 33.9. The highest BCUT2D eigenvalue weighted by Gasteiger charge is 2.23. The second-order valence-corrected chi connectivity index (χ2v) is 10.8. The number of esters is 3. The molecule has 1 aromatic carbocycles. The molecule has 0 bridgehead atoms. The number of methoxy groups -OCH3 is 1. The first-order valence-corrected chi connectivity index (χ1v) is 13.5. The maximum atomic E-state index is 12.5. The first-order chi connectivity index (χ1) is 18.3. The van der Waals surface area contributed by atoms with Crippen molar-refractivity contribution in [3.8, 4) is 11.5 Å². The molecule has 0 aromatic heterocycles. The summed E-state index contributed by atoms with van der Waals surface area (Å²) in [6, 6.07) is 4.01. The molecule has 1 unspecified atom stereocenters. The Kier molecular flexibility index (Phi) is 15.2. The maximum Gasteiger partial charge on any atom is 0.508 e. The topological polar surface area (TPSA) is 126 Å². The van der Waals surface area contributed by atoms with Gasteiger partial charge in [-0.2, -0.15) is 0 Å². The first-order valence-electron chi connectivity index (χ1n) is 13.5. The Bertz CT molecular complexity index is 943. The molecule has 39 heavy (non-hydrogen) atoms. The molecule has 0 amide bonds. The van der Waals surface area contributed by atoms with Crippen LogP contribution in [-0.2, 0) is 35.0 Å². The number of nitrogens with one attached hydrogen (secondary N) is 1. The summed E-state index contributed by atoms with van der Waals surface area (Å²) in [6.07, 6.45) is -0.0348. The van der Waals surface area contributed by atoms with Crippen molar-refractivity contribution >= 4 is 24.1 Å². The Balaban J connectivity index is 2.96. The number of benzene rings is 1. The van der Waals surface area contributed by atoms with Crippen molar-refractivity contribution in [2.24, 2.45) is 17.8 Å². The van der Waals surface area contributed by atoms with Crippen LogP contribution in [0.1, 0.15) is 73.3 Å². The van der Waals surface area contributed by atoms with Gasteiger partial charge in [0.05, 0.1) is 13.7 Å². The van der Waals surface area contributed by atoms with E-state index in [-0.39, 0.29) is 55.7 Å². The van der Waals surface area contributed by atoms with Crippen LogP contribution in [0, 0.1) is 17.8 Å².